The van der Waals surface area contributed by atoms with Crippen LogP contribution < -0.4 is 10.1 Å². The maximum atomic E-state index is 13.7. The van der Waals surface area contributed by atoms with Gasteiger partial charge in [0, 0.05) is 12.8 Å². The first kappa shape index (κ1) is 21.6. The fourth-order valence-electron chi connectivity index (χ4n) is 4.98. The van der Waals surface area contributed by atoms with E-state index in [-0.39, 0.29) is 12.5 Å². The van der Waals surface area contributed by atoms with E-state index in [9.17, 15) is 9.59 Å². The number of amides is 1. The van der Waals surface area contributed by atoms with Crippen LogP contribution in [-0.4, -0.2) is 55.8 Å². The quantitative estimate of drug-likeness (QED) is 0.575. The maximum Gasteiger partial charge on any atom is 0.340 e. The molecule has 1 aliphatic carbocycles. The SMILES string of the molecule is CCOC(=O)c1cc(OC)cc(C)c1NC(=O)C1([N+]2(C)CCCCCC2)CCC1. The number of esters is 1. The lowest BCUT2D eigenvalue weighted by Crippen LogP contribution is -2.71. The topological polar surface area (TPSA) is 64.6 Å². The van der Waals surface area contributed by atoms with Crippen LogP contribution in [0.5, 0.6) is 5.75 Å². The zero-order valence-electron chi connectivity index (χ0n) is 18.3. The predicted octanol–water partition coefficient (Wildman–Crippen LogP) is 4.06. The molecule has 0 radical (unpaired) electrons. The lowest BCUT2D eigenvalue weighted by Gasteiger charge is -2.54. The van der Waals surface area contributed by atoms with Gasteiger partial charge in [-0.3, -0.25) is 4.79 Å². The molecule has 0 bridgehead atoms. The highest BCUT2D eigenvalue weighted by Crippen LogP contribution is 2.44. The van der Waals surface area contributed by atoms with E-state index in [0.717, 1.165) is 42.4 Å². The van der Waals surface area contributed by atoms with Crippen molar-refractivity contribution in [2.24, 2.45) is 0 Å². The van der Waals surface area contributed by atoms with Gasteiger partial charge >= 0.3 is 5.97 Å². The highest BCUT2D eigenvalue weighted by atomic mass is 16.5. The summed E-state index contributed by atoms with van der Waals surface area (Å²) in [6.45, 7) is 6.02. The van der Waals surface area contributed by atoms with E-state index in [0.29, 0.717) is 17.0 Å². The molecule has 6 heteroatoms. The van der Waals surface area contributed by atoms with Crippen molar-refractivity contribution in [3.05, 3.63) is 23.3 Å². The van der Waals surface area contributed by atoms with Crippen molar-refractivity contribution in [3.63, 3.8) is 0 Å². The van der Waals surface area contributed by atoms with Gasteiger partial charge in [0.15, 0.2) is 5.54 Å². The maximum absolute atomic E-state index is 13.7. The van der Waals surface area contributed by atoms with Crippen LogP contribution in [0.2, 0.25) is 0 Å². The number of carbonyl (C=O) groups excluding carboxylic acids is 2. The molecule has 0 unspecified atom stereocenters. The van der Waals surface area contributed by atoms with E-state index in [1.807, 2.05) is 13.0 Å². The molecule has 0 aromatic heterocycles. The Morgan fingerprint density at radius 3 is 2.28 bits per heavy atom. The van der Waals surface area contributed by atoms with E-state index < -0.39 is 11.5 Å². The number of methoxy groups -OCH3 is 1. The monoisotopic (exact) mass is 403 g/mol. The van der Waals surface area contributed by atoms with Gasteiger partial charge < -0.3 is 19.3 Å². The second-order valence-corrected chi connectivity index (χ2v) is 8.68. The minimum atomic E-state index is -0.442. The molecular weight excluding hydrogens is 368 g/mol. The lowest BCUT2D eigenvalue weighted by atomic mass is 9.72. The average molecular weight is 404 g/mol. The Hall–Kier alpha value is -2.08. The zero-order chi connectivity index (χ0) is 21.1. The molecule has 1 aliphatic heterocycles. The van der Waals surface area contributed by atoms with Crippen LogP contribution in [0.1, 0.15) is 67.8 Å². The van der Waals surface area contributed by atoms with E-state index in [4.69, 9.17) is 9.47 Å². The second kappa shape index (κ2) is 8.74. The van der Waals surface area contributed by atoms with Gasteiger partial charge in [-0.1, -0.05) is 0 Å². The van der Waals surface area contributed by atoms with Crippen LogP contribution in [0.3, 0.4) is 0 Å². The molecule has 1 aromatic rings. The third-order valence-corrected chi connectivity index (χ3v) is 6.97. The number of aryl methyl sites for hydroxylation is 1. The average Bonchev–Trinajstić information content (AvgIpc) is 2.87. The molecule has 1 amide bonds. The molecule has 1 saturated heterocycles. The van der Waals surface area contributed by atoms with Crippen LogP contribution in [0.25, 0.3) is 0 Å². The smallest absolute Gasteiger partial charge is 0.340 e. The number of likely N-dealkylation sites (N-methyl/N-ethyl adjacent to an activating group) is 1. The number of likely N-dealkylation sites (tertiary alicyclic amines) is 1. The van der Waals surface area contributed by atoms with Crippen molar-refractivity contribution in [1.29, 1.82) is 0 Å². The highest BCUT2D eigenvalue weighted by Gasteiger charge is 2.58. The van der Waals surface area contributed by atoms with Crippen LogP contribution in [0, 0.1) is 6.92 Å². The third kappa shape index (κ3) is 4.00. The van der Waals surface area contributed by atoms with Crippen molar-refractivity contribution in [2.45, 2.75) is 64.3 Å². The molecular formula is C23H35N2O4+. The summed E-state index contributed by atoms with van der Waals surface area (Å²) < 4.78 is 11.4. The Kier molecular flexibility index (Phi) is 6.52. The number of nitrogens with one attached hydrogen (secondary N) is 1. The fraction of sp³-hybridized carbons (Fsp3) is 0.652. The summed E-state index contributed by atoms with van der Waals surface area (Å²) >= 11 is 0. The summed E-state index contributed by atoms with van der Waals surface area (Å²) in [5.41, 5.74) is 1.29. The van der Waals surface area contributed by atoms with Crippen molar-refractivity contribution >= 4 is 17.6 Å². The van der Waals surface area contributed by atoms with Gasteiger partial charge in [-0.05, 0) is 63.6 Å². The van der Waals surface area contributed by atoms with E-state index in [2.05, 4.69) is 12.4 Å². The van der Waals surface area contributed by atoms with E-state index >= 15 is 0 Å². The second-order valence-electron chi connectivity index (χ2n) is 8.68. The molecule has 6 nitrogen and oxygen atoms in total. The van der Waals surface area contributed by atoms with Gasteiger partial charge in [0.25, 0.3) is 5.91 Å². The number of ether oxygens (including phenoxy) is 2. The predicted molar refractivity (Wildman–Crippen MR) is 113 cm³/mol. The molecule has 0 spiro atoms. The van der Waals surface area contributed by atoms with Crippen molar-refractivity contribution in [3.8, 4) is 5.75 Å². The number of carbonyl (C=O) groups is 2. The molecule has 160 valence electrons. The van der Waals surface area contributed by atoms with E-state index in [1.54, 1.807) is 20.1 Å². The number of hydrogen-bond acceptors (Lipinski definition) is 4. The molecule has 2 aliphatic rings. The molecule has 1 heterocycles. The summed E-state index contributed by atoms with van der Waals surface area (Å²) in [5, 5.41) is 3.14. The number of rotatable bonds is 6. The Bertz CT molecular complexity index is 762. The van der Waals surface area contributed by atoms with Gasteiger partial charge in [-0.15, -0.1) is 0 Å². The van der Waals surface area contributed by atoms with Crippen LogP contribution in [0.4, 0.5) is 5.69 Å². The van der Waals surface area contributed by atoms with Crippen LogP contribution in [-0.2, 0) is 9.53 Å². The third-order valence-electron chi connectivity index (χ3n) is 6.97. The summed E-state index contributed by atoms with van der Waals surface area (Å²) in [4.78, 5) is 26.2. The Morgan fingerprint density at radius 1 is 1.10 bits per heavy atom. The first-order chi connectivity index (χ1) is 13.9. The van der Waals surface area contributed by atoms with Crippen molar-refractivity contribution in [2.75, 3.05) is 39.2 Å². The first-order valence-corrected chi connectivity index (χ1v) is 10.9. The van der Waals surface area contributed by atoms with Gasteiger partial charge in [-0.25, -0.2) is 4.79 Å². The Morgan fingerprint density at radius 2 is 1.76 bits per heavy atom. The summed E-state index contributed by atoms with van der Waals surface area (Å²) in [5.74, 6) is 0.169. The summed E-state index contributed by atoms with van der Waals surface area (Å²) in [7, 11) is 3.81. The molecule has 1 aromatic carbocycles. The Labute approximate surface area is 174 Å². The van der Waals surface area contributed by atoms with Crippen molar-refractivity contribution in [1.82, 2.24) is 0 Å². The Balaban J connectivity index is 1.94. The minimum absolute atomic E-state index is 0.0342. The largest absolute Gasteiger partial charge is 0.497 e. The molecule has 29 heavy (non-hydrogen) atoms. The molecule has 1 saturated carbocycles. The van der Waals surface area contributed by atoms with Crippen molar-refractivity contribution < 1.29 is 23.5 Å². The number of anilines is 1. The van der Waals surface area contributed by atoms with Gasteiger partial charge in [0.2, 0.25) is 0 Å². The number of benzene rings is 1. The lowest BCUT2D eigenvalue weighted by molar-refractivity contribution is -0.954. The fourth-order valence-corrected chi connectivity index (χ4v) is 4.98. The van der Waals surface area contributed by atoms with E-state index in [1.165, 1.54) is 25.7 Å². The van der Waals surface area contributed by atoms with Gasteiger partial charge in [0.05, 0.1) is 45.1 Å². The molecule has 1 N–H and O–H groups in total. The number of hydrogen-bond donors (Lipinski definition) is 1. The summed E-state index contributed by atoms with van der Waals surface area (Å²) in [6, 6.07) is 3.49. The molecule has 0 atom stereocenters. The standard InChI is InChI=1S/C23H34N2O4/c1-5-29-21(26)19-16-18(28-4)15-17(2)20(19)24-22(27)23(11-10-12-23)25(3)13-8-6-7-9-14-25/h15-16H,5-14H2,1-4H3/p+1. The van der Waals surface area contributed by atoms with Gasteiger partial charge in [0.1, 0.15) is 5.75 Å². The molecule has 2 fully saturated rings. The number of quaternary nitrogens is 1. The first-order valence-electron chi connectivity index (χ1n) is 10.9. The molecule has 3 rings (SSSR count). The van der Waals surface area contributed by atoms with Gasteiger partial charge in [-0.2, -0.15) is 0 Å². The van der Waals surface area contributed by atoms with Crippen LogP contribution in [0.15, 0.2) is 12.1 Å². The zero-order valence-corrected chi connectivity index (χ0v) is 18.3. The highest BCUT2D eigenvalue weighted by molar-refractivity contribution is 6.05. The summed E-state index contributed by atoms with van der Waals surface area (Å²) in [6.07, 6.45) is 7.71. The normalized spacial score (nSPS) is 20.1. The number of nitrogens with zero attached hydrogens (tertiary/aromatic N) is 1. The van der Waals surface area contributed by atoms with Crippen LogP contribution >= 0.6 is 0 Å². The minimum Gasteiger partial charge on any atom is -0.497 e.